The Morgan fingerprint density at radius 2 is 1.84 bits per heavy atom. The minimum absolute atomic E-state index is 0.112. The Bertz CT molecular complexity index is 1130. The molecule has 9 nitrogen and oxygen atoms in total. The molecule has 0 bridgehead atoms. The molecular formula is C20H21ClN4O5S. The highest BCUT2D eigenvalue weighted by Gasteiger charge is 2.30. The van der Waals surface area contributed by atoms with Crippen molar-refractivity contribution in [2.24, 2.45) is 0 Å². The zero-order valence-electron chi connectivity index (χ0n) is 17.4. The minimum Gasteiger partial charge on any atom is -0.493 e. The number of anilines is 1. The van der Waals surface area contributed by atoms with Gasteiger partial charge in [-0.3, -0.25) is 19.8 Å². The van der Waals surface area contributed by atoms with Crippen LogP contribution >= 0.6 is 22.9 Å². The van der Waals surface area contributed by atoms with E-state index in [1.165, 1.54) is 42.6 Å². The Morgan fingerprint density at radius 1 is 1.16 bits per heavy atom. The number of rotatable bonds is 8. The molecule has 0 aliphatic heterocycles. The number of nitro groups is 1. The van der Waals surface area contributed by atoms with Crippen molar-refractivity contribution in [1.82, 2.24) is 9.88 Å². The highest BCUT2D eigenvalue weighted by atomic mass is 35.5. The second-order valence-corrected chi connectivity index (χ2v) is 8.30. The topological polar surface area (TPSA) is 98.0 Å². The molecule has 0 N–H and O–H groups in total. The lowest BCUT2D eigenvalue weighted by atomic mass is 10.1. The number of amides is 1. The highest BCUT2D eigenvalue weighted by Crippen LogP contribution is 2.37. The summed E-state index contributed by atoms with van der Waals surface area (Å²) in [6.07, 6.45) is 0. The SMILES string of the molecule is COc1cc(C(=O)N(CCN(C)C)c2nc3ccc(Cl)cc3s2)c([N+](=O)[O-])cc1OC. The Morgan fingerprint density at radius 3 is 2.45 bits per heavy atom. The molecule has 3 rings (SSSR count). The van der Waals surface area contributed by atoms with E-state index in [9.17, 15) is 14.9 Å². The fourth-order valence-corrected chi connectivity index (χ4v) is 4.19. The Balaban J connectivity index is 2.12. The van der Waals surface area contributed by atoms with Crippen LogP contribution in [0.4, 0.5) is 10.8 Å². The molecular weight excluding hydrogens is 444 g/mol. The summed E-state index contributed by atoms with van der Waals surface area (Å²) in [5.41, 5.74) is 0.203. The lowest BCUT2D eigenvalue weighted by Gasteiger charge is -2.22. The summed E-state index contributed by atoms with van der Waals surface area (Å²) in [6, 6.07) is 7.77. The molecule has 0 saturated heterocycles. The second kappa shape index (κ2) is 9.46. The molecule has 3 aromatic rings. The number of nitro benzene ring substituents is 1. The molecule has 0 fully saturated rings. The fourth-order valence-electron chi connectivity index (χ4n) is 2.92. The predicted molar refractivity (Wildman–Crippen MR) is 121 cm³/mol. The van der Waals surface area contributed by atoms with E-state index in [0.717, 1.165) is 4.70 Å². The molecule has 0 saturated carbocycles. The van der Waals surface area contributed by atoms with Crippen LogP contribution in [0.5, 0.6) is 11.5 Å². The van der Waals surface area contributed by atoms with Crippen molar-refractivity contribution in [3.8, 4) is 11.5 Å². The van der Waals surface area contributed by atoms with E-state index in [-0.39, 0.29) is 29.3 Å². The van der Waals surface area contributed by atoms with Gasteiger partial charge in [-0.2, -0.15) is 0 Å². The van der Waals surface area contributed by atoms with Gasteiger partial charge in [-0.15, -0.1) is 0 Å². The fraction of sp³-hybridized carbons (Fsp3) is 0.300. The van der Waals surface area contributed by atoms with Gasteiger partial charge in [0.2, 0.25) is 0 Å². The van der Waals surface area contributed by atoms with Gasteiger partial charge in [-0.25, -0.2) is 4.98 Å². The number of carbonyl (C=O) groups excluding carboxylic acids is 1. The highest BCUT2D eigenvalue weighted by molar-refractivity contribution is 7.22. The maximum absolute atomic E-state index is 13.5. The van der Waals surface area contributed by atoms with Crippen molar-refractivity contribution in [3.05, 3.63) is 51.0 Å². The van der Waals surface area contributed by atoms with Crippen LogP contribution < -0.4 is 14.4 Å². The van der Waals surface area contributed by atoms with E-state index in [4.69, 9.17) is 21.1 Å². The molecule has 0 atom stereocenters. The Labute approximate surface area is 187 Å². The van der Waals surface area contributed by atoms with Gasteiger partial charge in [0.15, 0.2) is 16.6 Å². The lowest BCUT2D eigenvalue weighted by molar-refractivity contribution is -0.385. The quantitative estimate of drug-likeness (QED) is 0.366. The number of aromatic nitrogens is 1. The van der Waals surface area contributed by atoms with Gasteiger partial charge < -0.3 is 14.4 Å². The Kier molecular flexibility index (Phi) is 6.94. The molecule has 0 radical (unpaired) electrons. The number of ether oxygens (including phenoxy) is 2. The third kappa shape index (κ3) is 4.87. The number of likely N-dealkylation sites (N-methyl/N-ethyl adjacent to an activating group) is 1. The number of nitrogens with zero attached hydrogens (tertiary/aromatic N) is 4. The van der Waals surface area contributed by atoms with Gasteiger partial charge in [0.25, 0.3) is 11.6 Å². The first-order chi connectivity index (χ1) is 14.7. The summed E-state index contributed by atoms with van der Waals surface area (Å²) in [5, 5.41) is 12.7. The summed E-state index contributed by atoms with van der Waals surface area (Å²) in [4.78, 5) is 32.5. The van der Waals surface area contributed by atoms with Crippen molar-refractivity contribution in [1.29, 1.82) is 0 Å². The van der Waals surface area contributed by atoms with Crippen molar-refractivity contribution >= 4 is 49.9 Å². The Hall–Kier alpha value is -2.95. The molecule has 11 heteroatoms. The van der Waals surface area contributed by atoms with E-state index < -0.39 is 10.8 Å². The standard InChI is InChI=1S/C20H21ClN4O5S/c1-23(2)7-8-24(20-22-14-6-5-12(21)9-18(14)31-20)19(26)13-10-16(29-3)17(30-4)11-15(13)25(27)28/h5-6,9-11H,7-8H2,1-4H3. The van der Waals surface area contributed by atoms with Crippen LogP contribution in [0, 0.1) is 10.1 Å². The third-order valence-corrected chi connectivity index (χ3v) is 5.79. The van der Waals surface area contributed by atoms with Crippen molar-refractivity contribution in [3.63, 3.8) is 0 Å². The molecule has 31 heavy (non-hydrogen) atoms. The summed E-state index contributed by atoms with van der Waals surface area (Å²) < 4.78 is 11.2. The van der Waals surface area contributed by atoms with Crippen LogP contribution in [-0.2, 0) is 0 Å². The lowest BCUT2D eigenvalue weighted by Crippen LogP contribution is -2.37. The molecule has 0 unspecified atom stereocenters. The molecule has 0 spiro atoms. The first kappa shape index (κ1) is 22.7. The zero-order chi connectivity index (χ0) is 22.7. The number of fused-ring (bicyclic) bond motifs is 1. The van der Waals surface area contributed by atoms with Crippen LogP contribution in [0.2, 0.25) is 5.02 Å². The predicted octanol–water partition coefficient (Wildman–Crippen LogP) is 4.08. The third-order valence-electron chi connectivity index (χ3n) is 4.52. The average Bonchev–Trinajstić information content (AvgIpc) is 3.14. The zero-order valence-corrected chi connectivity index (χ0v) is 19.0. The number of halogens is 1. The molecule has 1 heterocycles. The van der Waals surface area contributed by atoms with Gasteiger partial charge in [0.05, 0.1) is 35.4 Å². The van der Waals surface area contributed by atoms with Gasteiger partial charge in [0, 0.05) is 24.2 Å². The normalized spacial score (nSPS) is 11.0. The second-order valence-electron chi connectivity index (χ2n) is 6.85. The van der Waals surface area contributed by atoms with Crippen LogP contribution in [0.15, 0.2) is 30.3 Å². The smallest absolute Gasteiger partial charge is 0.286 e. The van der Waals surface area contributed by atoms with Crippen LogP contribution in [0.3, 0.4) is 0 Å². The largest absolute Gasteiger partial charge is 0.493 e. The molecule has 0 aliphatic carbocycles. The maximum atomic E-state index is 13.5. The monoisotopic (exact) mass is 464 g/mol. The van der Waals surface area contributed by atoms with Crippen molar-refractivity contribution < 1.29 is 19.2 Å². The summed E-state index contributed by atoms with van der Waals surface area (Å²) in [6.45, 7) is 0.814. The number of hydrogen-bond donors (Lipinski definition) is 0. The van der Waals surface area contributed by atoms with Crippen molar-refractivity contribution in [2.75, 3.05) is 46.3 Å². The van der Waals surface area contributed by atoms with Gasteiger partial charge in [-0.05, 0) is 32.3 Å². The van der Waals surface area contributed by atoms with Crippen molar-refractivity contribution in [2.45, 2.75) is 0 Å². The summed E-state index contributed by atoms with van der Waals surface area (Å²) >= 11 is 7.37. The first-order valence-corrected chi connectivity index (χ1v) is 10.4. The van der Waals surface area contributed by atoms with E-state index in [2.05, 4.69) is 4.98 Å². The molecule has 1 aromatic heterocycles. The average molecular weight is 465 g/mol. The molecule has 0 aliphatic rings. The van der Waals surface area contributed by atoms with E-state index >= 15 is 0 Å². The number of carbonyl (C=O) groups is 1. The number of hydrogen-bond acceptors (Lipinski definition) is 8. The van der Waals surface area contributed by atoms with E-state index in [1.54, 1.807) is 18.2 Å². The molecule has 2 aromatic carbocycles. The molecule has 1 amide bonds. The number of thiazole rings is 1. The van der Waals surface area contributed by atoms with Crippen LogP contribution in [0.1, 0.15) is 10.4 Å². The van der Waals surface area contributed by atoms with E-state index in [0.29, 0.717) is 22.2 Å². The minimum atomic E-state index is -0.614. The van der Waals surface area contributed by atoms with Gasteiger partial charge in [-0.1, -0.05) is 22.9 Å². The maximum Gasteiger partial charge on any atom is 0.286 e. The number of benzene rings is 2. The molecule has 164 valence electrons. The van der Waals surface area contributed by atoms with Crippen LogP contribution in [0.25, 0.3) is 10.2 Å². The number of methoxy groups -OCH3 is 2. The van der Waals surface area contributed by atoms with Gasteiger partial charge in [0.1, 0.15) is 5.56 Å². The summed E-state index contributed by atoms with van der Waals surface area (Å²) in [7, 11) is 6.52. The van der Waals surface area contributed by atoms with Crippen LogP contribution in [-0.4, -0.2) is 62.1 Å². The first-order valence-electron chi connectivity index (χ1n) is 9.18. The summed E-state index contributed by atoms with van der Waals surface area (Å²) in [5.74, 6) is -0.167. The van der Waals surface area contributed by atoms with Gasteiger partial charge >= 0.3 is 0 Å². The van der Waals surface area contributed by atoms with E-state index in [1.807, 2.05) is 19.0 Å².